The Morgan fingerprint density at radius 2 is 1.53 bits per heavy atom. The molecule has 1 N–H and O–H groups in total. The molecule has 0 atom stereocenters. The second kappa shape index (κ2) is 7.71. The molecule has 1 fully saturated rings. The summed E-state index contributed by atoms with van der Waals surface area (Å²) in [7, 11) is 0. The lowest BCUT2D eigenvalue weighted by atomic mass is 9.87. The lowest BCUT2D eigenvalue weighted by molar-refractivity contribution is -0.122. The van der Waals surface area contributed by atoms with Crippen LogP contribution in [0.2, 0.25) is 0 Å². The van der Waals surface area contributed by atoms with Crippen LogP contribution in [-0.2, 0) is 4.79 Å². The Morgan fingerprint density at radius 3 is 2.13 bits per heavy atom. The van der Waals surface area contributed by atoms with Gasteiger partial charge in [0.2, 0.25) is 5.91 Å². The molecule has 0 spiro atoms. The number of furan rings is 1. The van der Waals surface area contributed by atoms with E-state index in [1.54, 1.807) is 6.07 Å². The topological polar surface area (TPSA) is 71.8 Å². The van der Waals surface area contributed by atoms with E-state index in [-0.39, 0.29) is 17.9 Å². The van der Waals surface area contributed by atoms with Crippen molar-refractivity contribution < 1.29 is 18.7 Å². The summed E-state index contributed by atoms with van der Waals surface area (Å²) in [4.78, 5) is 27.6. The molecule has 30 heavy (non-hydrogen) atoms. The first-order valence-corrected chi connectivity index (χ1v) is 10.2. The third-order valence-corrected chi connectivity index (χ3v) is 5.84. The minimum atomic E-state index is -0.406. The molecule has 0 unspecified atom stereocenters. The summed E-state index contributed by atoms with van der Waals surface area (Å²) >= 11 is 0. The lowest BCUT2D eigenvalue weighted by Gasteiger charge is -2.34. The molecule has 2 amide bonds. The van der Waals surface area contributed by atoms with Crippen LogP contribution in [0.25, 0.3) is 0 Å². The third-order valence-electron chi connectivity index (χ3n) is 5.84. The van der Waals surface area contributed by atoms with Crippen molar-refractivity contribution in [2.24, 2.45) is 0 Å². The quantitative estimate of drug-likeness (QED) is 0.720. The van der Waals surface area contributed by atoms with Gasteiger partial charge < -0.3 is 19.4 Å². The van der Waals surface area contributed by atoms with Crippen molar-refractivity contribution in [2.45, 2.75) is 24.8 Å². The molecule has 5 rings (SSSR count). The van der Waals surface area contributed by atoms with Crippen LogP contribution in [0.4, 0.5) is 0 Å². The smallest absolute Gasteiger partial charge is 0.257 e. The van der Waals surface area contributed by atoms with Gasteiger partial charge in [-0.2, -0.15) is 0 Å². The van der Waals surface area contributed by atoms with Gasteiger partial charge >= 0.3 is 0 Å². The number of likely N-dealkylation sites (tertiary alicyclic amines) is 1. The van der Waals surface area contributed by atoms with Crippen LogP contribution in [0.5, 0.6) is 11.5 Å². The predicted molar refractivity (Wildman–Crippen MR) is 111 cm³/mol. The molecule has 1 saturated heterocycles. The maximum atomic E-state index is 13.3. The maximum Gasteiger partial charge on any atom is 0.257 e. The van der Waals surface area contributed by atoms with Crippen molar-refractivity contribution in [2.75, 3.05) is 13.1 Å². The van der Waals surface area contributed by atoms with Gasteiger partial charge in [0.25, 0.3) is 5.91 Å². The van der Waals surface area contributed by atoms with Crippen LogP contribution in [0.3, 0.4) is 0 Å². The number of rotatable bonds is 3. The van der Waals surface area contributed by atoms with E-state index in [4.69, 9.17) is 9.15 Å². The number of hydrogen-bond donors (Lipinski definition) is 1. The molecule has 0 aliphatic carbocycles. The van der Waals surface area contributed by atoms with E-state index in [1.165, 1.54) is 12.5 Å². The number of piperidine rings is 1. The monoisotopic (exact) mass is 402 g/mol. The number of nitrogens with one attached hydrogen (secondary N) is 1. The zero-order valence-electron chi connectivity index (χ0n) is 16.4. The Morgan fingerprint density at radius 1 is 0.900 bits per heavy atom. The molecule has 6 heteroatoms. The molecule has 2 aliphatic rings. The maximum absolute atomic E-state index is 13.3. The van der Waals surface area contributed by atoms with Gasteiger partial charge in [0, 0.05) is 30.3 Å². The molecular formula is C24H22N2O4. The summed E-state index contributed by atoms with van der Waals surface area (Å²) in [5.41, 5.74) is 2.32. The fourth-order valence-electron chi connectivity index (χ4n) is 4.27. The van der Waals surface area contributed by atoms with E-state index in [0.717, 1.165) is 35.5 Å². The van der Waals surface area contributed by atoms with Gasteiger partial charge in [0.05, 0.1) is 17.7 Å². The zero-order chi connectivity index (χ0) is 20.5. The van der Waals surface area contributed by atoms with Crippen molar-refractivity contribution in [1.29, 1.82) is 0 Å². The van der Waals surface area contributed by atoms with Gasteiger partial charge in [0.15, 0.2) is 0 Å². The Labute approximate surface area is 174 Å². The predicted octanol–water partition coefficient (Wildman–Crippen LogP) is 3.94. The van der Waals surface area contributed by atoms with Crippen molar-refractivity contribution >= 4 is 11.8 Å². The average molecular weight is 402 g/mol. The third kappa shape index (κ3) is 3.34. The number of carbonyl (C=O) groups is 2. The summed E-state index contributed by atoms with van der Waals surface area (Å²) in [6, 6.07) is 17.1. The van der Waals surface area contributed by atoms with Crippen molar-refractivity contribution in [1.82, 2.24) is 10.2 Å². The van der Waals surface area contributed by atoms with Gasteiger partial charge in [-0.1, -0.05) is 36.4 Å². The first-order valence-electron chi connectivity index (χ1n) is 10.2. The van der Waals surface area contributed by atoms with Crippen LogP contribution < -0.4 is 10.1 Å². The van der Waals surface area contributed by atoms with Gasteiger partial charge in [-0.25, -0.2) is 0 Å². The normalized spacial score (nSPS) is 16.3. The summed E-state index contributed by atoms with van der Waals surface area (Å²) in [5.74, 6) is 0.976. The molecule has 6 nitrogen and oxygen atoms in total. The number of fused-ring (bicyclic) bond motifs is 2. The first-order chi connectivity index (χ1) is 14.7. The van der Waals surface area contributed by atoms with Gasteiger partial charge in [-0.05, 0) is 31.0 Å². The molecule has 3 heterocycles. The molecule has 2 aliphatic heterocycles. The number of para-hydroxylation sites is 2. The summed E-state index contributed by atoms with van der Waals surface area (Å²) in [5, 5.41) is 3.21. The molecule has 0 bridgehead atoms. The second-order valence-corrected chi connectivity index (χ2v) is 7.70. The molecular weight excluding hydrogens is 380 g/mol. The number of ether oxygens (including phenoxy) is 1. The van der Waals surface area contributed by atoms with Crippen LogP contribution in [-0.4, -0.2) is 35.8 Å². The summed E-state index contributed by atoms with van der Waals surface area (Å²) < 4.78 is 11.0. The van der Waals surface area contributed by atoms with E-state index in [0.29, 0.717) is 18.7 Å². The first kappa shape index (κ1) is 18.5. The molecule has 0 radical (unpaired) electrons. The van der Waals surface area contributed by atoms with E-state index in [1.807, 2.05) is 53.4 Å². The highest BCUT2D eigenvalue weighted by molar-refractivity contribution is 5.94. The minimum Gasteiger partial charge on any atom is -0.472 e. The highest BCUT2D eigenvalue weighted by Crippen LogP contribution is 2.44. The van der Waals surface area contributed by atoms with Crippen molar-refractivity contribution in [3.05, 3.63) is 83.8 Å². The van der Waals surface area contributed by atoms with Crippen molar-refractivity contribution in [3.8, 4) is 11.5 Å². The Balaban J connectivity index is 1.29. The van der Waals surface area contributed by atoms with Crippen LogP contribution in [0.1, 0.15) is 40.2 Å². The Bertz CT molecular complexity index is 1020. The van der Waals surface area contributed by atoms with E-state index >= 15 is 0 Å². The van der Waals surface area contributed by atoms with E-state index in [9.17, 15) is 9.59 Å². The standard InChI is InChI=1S/C24H22N2O4/c27-23(25-17-9-12-26(13-10-17)24(28)16-11-14-29-15-16)22-18-5-1-3-7-20(18)30-21-8-4-2-6-19(21)22/h1-8,11,14-15,17,22H,9-10,12-13H2,(H,25,27). The summed E-state index contributed by atoms with van der Waals surface area (Å²) in [6.07, 6.45) is 4.42. The second-order valence-electron chi connectivity index (χ2n) is 7.70. The summed E-state index contributed by atoms with van der Waals surface area (Å²) in [6.45, 7) is 1.21. The van der Waals surface area contributed by atoms with Gasteiger partial charge in [-0.15, -0.1) is 0 Å². The average Bonchev–Trinajstić information content (AvgIpc) is 3.32. The van der Waals surface area contributed by atoms with Gasteiger partial charge in [0.1, 0.15) is 17.8 Å². The molecule has 0 saturated carbocycles. The molecule has 152 valence electrons. The van der Waals surface area contributed by atoms with Crippen molar-refractivity contribution in [3.63, 3.8) is 0 Å². The highest BCUT2D eigenvalue weighted by Gasteiger charge is 2.34. The number of nitrogens with zero attached hydrogens (tertiary/aromatic N) is 1. The minimum absolute atomic E-state index is 0.0270. The van der Waals surface area contributed by atoms with Gasteiger partial charge in [-0.3, -0.25) is 9.59 Å². The lowest BCUT2D eigenvalue weighted by Crippen LogP contribution is -2.47. The van der Waals surface area contributed by atoms with Crippen LogP contribution in [0, 0.1) is 0 Å². The molecule has 2 aromatic carbocycles. The fourth-order valence-corrected chi connectivity index (χ4v) is 4.27. The highest BCUT2D eigenvalue weighted by atomic mass is 16.5. The number of amides is 2. The Hall–Kier alpha value is -3.54. The Kier molecular flexibility index (Phi) is 4.75. The number of benzene rings is 2. The molecule has 1 aromatic heterocycles. The van der Waals surface area contributed by atoms with Crippen LogP contribution >= 0.6 is 0 Å². The largest absolute Gasteiger partial charge is 0.472 e. The van der Waals surface area contributed by atoms with E-state index in [2.05, 4.69) is 5.32 Å². The SMILES string of the molecule is O=C(NC1CCN(C(=O)c2ccoc2)CC1)C1c2ccccc2Oc2ccccc21. The number of carbonyl (C=O) groups excluding carboxylic acids is 2. The zero-order valence-corrected chi connectivity index (χ0v) is 16.4. The van der Waals surface area contributed by atoms with Crippen LogP contribution in [0.15, 0.2) is 71.5 Å². The van der Waals surface area contributed by atoms with E-state index < -0.39 is 5.92 Å². The molecule has 3 aromatic rings. The fraction of sp³-hybridized carbons (Fsp3) is 0.250. The number of hydrogen-bond acceptors (Lipinski definition) is 4.